The Bertz CT molecular complexity index is 143. The third-order valence-corrected chi connectivity index (χ3v) is 0.470. The van der Waals surface area contributed by atoms with Gasteiger partial charge in [0.25, 0.3) is 0 Å². The van der Waals surface area contributed by atoms with Crippen LogP contribution in [0.1, 0.15) is 0 Å². The van der Waals surface area contributed by atoms with Crippen molar-refractivity contribution in [2.75, 3.05) is 0 Å². The average Bonchev–Trinajstić information content (AvgIpc) is 1.82. The van der Waals surface area contributed by atoms with Gasteiger partial charge in [0, 0.05) is 0 Å². The highest BCUT2D eigenvalue weighted by atomic mass is 16.4. The molecule has 9 heavy (non-hydrogen) atoms. The molecule has 0 spiro atoms. The Kier molecular flexibility index (Phi) is 2.81. The highest BCUT2D eigenvalue weighted by Crippen LogP contribution is 1.60. The van der Waals surface area contributed by atoms with Crippen LogP contribution in [0.25, 0.3) is 0 Å². The van der Waals surface area contributed by atoms with Crippen molar-refractivity contribution in [2.24, 2.45) is 0 Å². The molecular weight excluding hydrogens is 126 g/mol. The second-order valence-electron chi connectivity index (χ2n) is 1.07. The Labute approximate surface area is 50.3 Å². The predicted molar refractivity (Wildman–Crippen MR) is 27.7 cm³/mol. The van der Waals surface area contributed by atoms with E-state index in [9.17, 15) is 9.59 Å². The van der Waals surface area contributed by atoms with Crippen LogP contribution in [-0.2, 0) is 9.59 Å². The van der Waals surface area contributed by atoms with Gasteiger partial charge in [-0.05, 0) is 0 Å². The number of rotatable bonds is 2. The summed E-state index contributed by atoms with van der Waals surface area (Å²) in [5.74, 6) is -2.20. The highest BCUT2D eigenvalue weighted by Gasteiger charge is 2.02. The van der Waals surface area contributed by atoms with Crippen molar-refractivity contribution in [3.63, 3.8) is 0 Å². The minimum atomic E-state index is -1.43. The van der Waals surface area contributed by atoms with E-state index in [1.54, 1.807) is 10.9 Å². The number of hydrazine groups is 1. The molecule has 0 aliphatic rings. The van der Waals surface area contributed by atoms with Crippen LogP contribution in [0, 0.1) is 5.41 Å². The topological polar surface area (TPSA) is 102 Å². The Balaban J connectivity index is 3.51. The number of amides is 1. The van der Waals surface area contributed by atoms with Crippen molar-refractivity contribution >= 4 is 18.2 Å². The molecule has 6 nitrogen and oxygen atoms in total. The highest BCUT2D eigenvalue weighted by molar-refractivity contribution is 6.32. The summed E-state index contributed by atoms with van der Waals surface area (Å²) in [5.41, 5.74) is 3.59. The lowest BCUT2D eigenvalue weighted by Gasteiger charge is -1.97. The van der Waals surface area contributed by atoms with E-state index in [4.69, 9.17) is 10.5 Å². The third kappa shape index (κ3) is 3.03. The fraction of sp³-hybridized carbons (Fsp3) is 0. The molecule has 0 aromatic heterocycles. The molecule has 0 heterocycles. The van der Waals surface area contributed by atoms with E-state index in [0.29, 0.717) is 0 Å². The molecule has 4 N–H and O–H groups in total. The lowest BCUT2D eigenvalue weighted by Crippen LogP contribution is -2.40. The van der Waals surface area contributed by atoms with Crippen molar-refractivity contribution < 1.29 is 14.7 Å². The maximum Gasteiger partial charge on any atom is 0.372 e. The standard InChI is InChI=1S/C3H5N3O3/c4-2(3(8)9)6-5-1-7/h1H,(H2,4,6)(H,5,7)(H,8,9). The number of hydrogen-bond donors (Lipinski definition) is 4. The van der Waals surface area contributed by atoms with E-state index in [2.05, 4.69) is 0 Å². The van der Waals surface area contributed by atoms with Crippen molar-refractivity contribution in [1.82, 2.24) is 10.9 Å². The van der Waals surface area contributed by atoms with Gasteiger partial charge in [0.1, 0.15) is 0 Å². The number of hydrogen-bond acceptors (Lipinski definition) is 3. The van der Waals surface area contributed by atoms with Gasteiger partial charge in [0.15, 0.2) is 0 Å². The molecule has 1 amide bonds. The second kappa shape index (κ2) is 3.42. The molecule has 50 valence electrons. The quantitative estimate of drug-likeness (QED) is 0.155. The van der Waals surface area contributed by atoms with Crippen molar-refractivity contribution in [3.8, 4) is 0 Å². The van der Waals surface area contributed by atoms with Gasteiger partial charge in [-0.1, -0.05) is 0 Å². The molecule has 0 aliphatic carbocycles. The largest absolute Gasteiger partial charge is 0.475 e. The van der Waals surface area contributed by atoms with Crippen molar-refractivity contribution in [2.45, 2.75) is 0 Å². The zero-order chi connectivity index (χ0) is 7.28. The first-order chi connectivity index (χ1) is 4.18. The summed E-state index contributed by atoms with van der Waals surface area (Å²) in [6.45, 7) is 0. The molecule has 0 rings (SSSR count). The summed E-state index contributed by atoms with van der Waals surface area (Å²) in [7, 11) is 0. The molecule has 0 saturated carbocycles. The molecule has 0 aliphatic heterocycles. The first-order valence-electron chi connectivity index (χ1n) is 1.95. The van der Waals surface area contributed by atoms with E-state index in [0.717, 1.165) is 0 Å². The Hall–Kier alpha value is -1.59. The van der Waals surface area contributed by atoms with Crippen molar-refractivity contribution in [3.05, 3.63) is 0 Å². The molecule has 0 unspecified atom stereocenters. The number of carboxylic acids is 1. The molecule has 0 aromatic carbocycles. The fourth-order valence-corrected chi connectivity index (χ4v) is 0.155. The van der Waals surface area contributed by atoms with Gasteiger partial charge in [0.05, 0.1) is 0 Å². The molecule has 0 fully saturated rings. The minimum Gasteiger partial charge on any atom is -0.475 e. The maximum absolute atomic E-state index is 9.76. The zero-order valence-corrected chi connectivity index (χ0v) is 4.34. The molecular formula is C3H5N3O3. The van der Waals surface area contributed by atoms with Gasteiger partial charge >= 0.3 is 5.97 Å². The normalized spacial score (nSPS) is 7.56. The smallest absolute Gasteiger partial charge is 0.372 e. The summed E-state index contributed by atoms with van der Waals surface area (Å²) in [5, 5.41) is 14.5. The molecule has 0 bridgehead atoms. The SMILES string of the molecule is N=C(NNC=O)C(=O)O. The number of nitrogens with one attached hydrogen (secondary N) is 3. The lowest BCUT2D eigenvalue weighted by atomic mass is 10.6. The summed E-state index contributed by atoms with van der Waals surface area (Å²) in [6, 6.07) is 0. The van der Waals surface area contributed by atoms with E-state index in [1.807, 2.05) is 0 Å². The van der Waals surface area contributed by atoms with Crippen LogP contribution in [-0.4, -0.2) is 23.3 Å². The lowest BCUT2D eigenvalue weighted by molar-refractivity contribution is -0.129. The van der Waals surface area contributed by atoms with E-state index >= 15 is 0 Å². The van der Waals surface area contributed by atoms with E-state index < -0.39 is 11.8 Å². The van der Waals surface area contributed by atoms with Gasteiger partial charge in [0.2, 0.25) is 12.2 Å². The van der Waals surface area contributed by atoms with Crippen LogP contribution in [0.2, 0.25) is 0 Å². The van der Waals surface area contributed by atoms with Crippen LogP contribution in [0.4, 0.5) is 0 Å². The summed E-state index contributed by atoms with van der Waals surface area (Å²) < 4.78 is 0. The molecule has 0 saturated heterocycles. The molecule has 0 radical (unpaired) electrons. The van der Waals surface area contributed by atoms with Gasteiger partial charge < -0.3 is 5.11 Å². The summed E-state index contributed by atoms with van der Waals surface area (Å²) >= 11 is 0. The predicted octanol–water partition coefficient (Wildman–Crippen LogP) is -1.70. The molecule has 0 aromatic rings. The molecule has 0 atom stereocenters. The number of aliphatic carboxylic acids is 1. The average molecular weight is 131 g/mol. The zero-order valence-electron chi connectivity index (χ0n) is 4.34. The minimum absolute atomic E-state index is 0.234. The second-order valence-corrected chi connectivity index (χ2v) is 1.07. The van der Waals surface area contributed by atoms with Gasteiger partial charge in [-0.25, -0.2) is 4.79 Å². The first kappa shape index (κ1) is 7.41. The maximum atomic E-state index is 9.76. The first-order valence-corrected chi connectivity index (χ1v) is 1.95. The molecule has 6 heteroatoms. The van der Waals surface area contributed by atoms with Crippen LogP contribution in [0.15, 0.2) is 0 Å². The van der Waals surface area contributed by atoms with Gasteiger partial charge in [-0.2, -0.15) is 0 Å². The van der Waals surface area contributed by atoms with Crippen LogP contribution >= 0.6 is 0 Å². The summed E-state index contributed by atoms with van der Waals surface area (Å²) in [6.07, 6.45) is 0.234. The van der Waals surface area contributed by atoms with E-state index in [1.165, 1.54) is 0 Å². The Morgan fingerprint density at radius 2 is 2.22 bits per heavy atom. The Morgan fingerprint density at radius 3 is 2.56 bits per heavy atom. The number of carbonyl (C=O) groups is 2. The van der Waals surface area contributed by atoms with Gasteiger partial charge in [-0.3, -0.25) is 21.1 Å². The summed E-state index contributed by atoms with van der Waals surface area (Å²) in [4.78, 5) is 19.2. The van der Waals surface area contributed by atoms with E-state index in [-0.39, 0.29) is 6.41 Å². The Morgan fingerprint density at radius 1 is 1.67 bits per heavy atom. The fourth-order valence-electron chi connectivity index (χ4n) is 0.155. The van der Waals surface area contributed by atoms with Crippen LogP contribution < -0.4 is 10.9 Å². The van der Waals surface area contributed by atoms with Crippen molar-refractivity contribution in [1.29, 1.82) is 5.41 Å². The van der Waals surface area contributed by atoms with Crippen LogP contribution in [0.5, 0.6) is 0 Å². The van der Waals surface area contributed by atoms with Crippen LogP contribution in [0.3, 0.4) is 0 Å². The number of carbonyl (C=O) groups excluding carboxylic acids is 1. The monoisotopic (exact) mass is 131 g/mol. The number of carboxylic acid groups (broad SMARTS) is 1. The third-order valence-electron chi connectivity index (χ3n) is 0.470. The number of amidine groups is 1. The van der Waals surface area contributed by atoms with Gasteiger partial charge in [-0.15, -0.1) is 0 Å².